The van der Waals surface area contributed by atoms with E-state index in [2.05, 4.69) is 42.6 Å². The quantitative estimate of drug-likeness (QED) is 0.817. The van der Waals surface area contributed by atoms with Crippen molar-refractivity contribution in [3.8, 4) is 5.75 Å². The minimum absolute atomic E-state index is 0.194. The smallest absolute Gasteiger partial charge is 0.122 e. The third-order valence-electron chi connectivity index (χ3n) is 4.42. The molecule has 2 nitrogen and oxygen atoms in total. The number of allylic oxidation sites excluding steroid dienone is 2. The molecule has 0 amide bonds. The van der Waals surface area contributed by atoms with Gasteiger partial charge in [-0.1, -0.05) is 29.8 Å². The van der Waals surface area contributed by atoms with Crippen LogP contribution in [0, 0.1) is 6.92 Å². The topological polar surface area (TPSA) is 21.3 Å². The molecule has 1 aromatic rings. The Morgan fingerprint density at radius 3 is 2.63 bits per heavy atom. The fourth-order valence-electron chi connectivity index (χ4n) is 3.02. The van der Waals surface area contributed by atoms with Crippen molar-refractivity contribution in [3.05, 3.63) is 41.5 Å². The summed E-state index contributed by atoms with van der Waals surface area (Å²) in [6.07, 6.45) is 9.55. The third-order valence-corrected chi connectivity index (χ3v) is 4.42. The number of methoxy groups -OCH3 is 1. The lowest BCUT2D eigenvalue weighted by Gasteiger charge is -2.32. The number of benzene rings is 1. The highest BCUT2D eigenvalue weighted by atomic mass is 16.5. The Kier molecular flexibility index (Phi) is 3.36. The molecule has 2 heteroatoms. The van der Waals surface area contributed by atoms with Crippen LogP contribution in [0.5, 0.6) is 5.75 Å². The van der Waals surface area contributed by atoms with Crippen LogP contribution in [-0.2, 0) is 5.41 Å². The molecule has 1 aromatic carbocycles. The van der Waals surface area contributed by atoms with E-state index in [1.165, 1.54) is 24.0 Å². The third kappa shape index (κ3) is 2.55. The van der Waals surface area contributed by atoms with Gasteiger partial charge in [0.15, 0.2) is 0 Å². The Balaban J connectivity index is 1.91. The van der Waals surface area contributed by atoms with Crippen molar-refractivity contribution in [2.45, 2.75) is 44.1 Å². The van der Waals surface area contributed by atoms with Crippen LogP contribution in [0.3, 0.4) is 0 Å². The van der Waals surface area contributed by atoms with Crippen molar-refractivity contribution in [1.29, 1.82) is 0 Å². The van der Waals surface area contributed by atoms with Crippen LogP contribution in [0.1, 0.15) is 36.8 Å². The maximum absolute atomic E-state index is 5.60. The van der Waals surface area contributed by atoms with Gasteiger partial charge >= 0.3 is 0 Å². The molecule has 1 fully saturated rings. The van der Waals surface area contributed by atoms with Gasteiger partial charge in [0.25, 0.3) is 0 Å². The minimum Gasteiger partial charge on any atom is -0.496 e. The zero-order chi connectivity index (χ0) is 13.3. The van der Waals surface area contributed by atoms with Gasteiger partial charge in [0, 0.05) is 23.6 Å². The van der Waals surface area contributed by atoms with Crippen molar-refractivity contribution in [1.82, 2.24) is 5.32 Å². The van der Waals surface area contributed by atoms with Crippen molar-refractivity contribution in [2.24, 2.45) is 0 Å². The van der Waals surface area contributed by atoms with Crippen LogP contribution in [0.2, 0.25) is 0 Å². The molecule has 19 heavy (non-hydrogen) atoms. The lowest BCUT2D eigenvalue weighted by molar-refractivity contribution is 0.367. The Hall–Kier alpha value is -1.28. The summed E-state index contributed by atoms with van der Waals surface area (Å²) in [6, 6.07) is 7.31. The van der Waals surface area contributed by atoms with E-state index in [1.54, 1.807) is 7.11 Å². The summed E-state index contributed by atoms with van der Waals surface area (Å²) in [5.41, 5.74) is 2.88. The molecule has 0 aliphatic heterocycles. The highest BCUT2D eigenvalue weighted by molar-refractivity contribution is 5.45. The first-order valence-corrected chi connectivity index (χ1v) is 7.27. The number of aryl methyl sites for hydroxylation is 1. The Morgan fingerprint density at radius 1 is 1.26 bits per heavy atom. The van der Waals surface area contributed by atoms with Crippen LogP contribution in [-0.4, -0.2) is 19.7 Å². The van der Waals surface area contributed by atoms with Gasteiger partial charge in [-0.25, -0.2) is 0 Å². The van der Waals surface area contributed by atoms with Crippen molar-refractivity contribution >= 4 is 0 Å². The molecule has 1 N–H and O–H groups in total. The second kappa shape index (κ2) is 5.01. The zero-order valence-electron chi connectivity index (χ0n) is 11.9. The van der Waals surface area contributed by atoms with Crippen LogP contribution < -0.4 is 10.1 Å². The SMILES string of the molecule is COc1ccc(C)cc1C1(CNC2CC2)CC=CC1. The molecule has 102 valence electrons. The first-order chi connectivity index (χ1) is 9.23. The highest BCUT2D eigenvalue weighted by Crippen LogP contribution is 2.42. The summed E-state index contributed by atoms with van der Waals surface area (Å²) in [7, 11) is 1.78. The van der Waals surface area contributed by atoms with Gasteiger partial charge in [0.2, 0.25) is 0 Å². The lowest BCUT2D eigenvalue weighted by atomic mass is 9.77. The molecule has 2 aliphatic carbocycles. The van der Waals surface area contributed by atoms with Crippen LogP contribution in [0.25, 0.3) is 0 Å². The zero-order valence-corrected chi connectivity index (χ0v) is 11.9. The summed E-state index contributed by atoms with van der Waals surface area (Å²) < 4.78 is 5.60. The summed E-state index contributed by atoms with van der Waals surface area (Å²) in [6.45, 7) is 3.22. The number of hydrogen-bond donors (Lipinski definition) is 1. The largest absolute Gasteiger partial charge is 0.496 e. The van der Waals surface area contributed by atoms with Crippen molar-refractivity contribution in [2.75, 3.05) is 13.7 Å². The van der Waals surface area contributed by atoms with Gasteiger partial charge in [-0.2, -0.15) is 0 Å². The molecule has 1 saturated carbocycles. The average molecular weight is 257 g/mol. The number of rotatable bonds is 5. The van der Waals surface area contributed by atoms with Gasteiger partial charge in [-0.05, 0) is 38.7 Å². The Morgan fingerprint density at radius 2 is 2.00 bits per heavy atom. The molecule has 2 aliphatic rings. The molecule has 0 unspecified atom stereocenters. The van der Waals surface area contributed by atoms with E-state index in [0.717, 1.165) is 31.2 Å². The van der Waals surface area contributed by atoms with E-state index in [9.17, 15) is 0 Å². The van der Waals surface area contributed by atoms with Gasteiger partial charge in [-0.3, -0.25) is 0 Å². The highest BCUT2D eigenvalue weighted by Gasteiger charge is 2.37. The summed E-state index contributed by atoms with van der Waals surface area (Å²) >= 11 is 0. The summed E-state index contributed by atoms with van der Waals surface area (Å²) in [5, 5.41) is 3.71. The van der Waals surface area contributed by atoms with Crippen LogP contribution in [0.4, 0.5) is 0 Å². The van der Waals surface area contributed by atoms with Crippen molar-refractivity contribution < 1.29 is 4.74 Å². The lowest BCUT2D eigenvalue weighted by Crippen LogP contribution is -2.37. The molecule has 3 rings (SSSR count). The van der Waals surface area contributed by atoms with Gasteiger partial charge in [0.1, 0.15) is 5.75 Å². The normalized spacial score (nSPS) is 20.7. The van der Waals surface area contributed by atoms with E-state index in [0.29, 0.717) is 0 Å². The van der Waals surface area contributed by atoms with E-state index in [1.807, 2.05) is 0 Å². The molecule has 0 bridgehead atoms. The maximum Gasteiger partial charge on any atom is 0.122 e. The van der Waals surface area contributed by atoms with Crippen molar-refractivity contribution in [3.63, 3.8) is 0 Å². The number of ether oxygens (including phenoxy) is 1. The Bertz CT molecular complexity index is 480. The predicted octanol–water partition coefficient (Wildman–Crippen LogP) is 3.34. The Labute approximate surface area is 115 Å². The molecule has 0 radical (unpaired) electrons. The van der Waals surface area contributed by atoms with E-state index >= 15 is 0 Å². The fourth-order valence-corrected chi connectivity index (χ4v) is 3.02. The second-order valence-electron chi connectivity index (χ2n) is 6.02. The fraction of sp³-hybridized carbons (Fsp3) is 0.529. The molecule has 0 saturated heterocycles. The molecular weight excluding hydrogens is 234 g/mol. The van der Waals surface area contributed by atoms with Gasteiger partial charge in [-0.15, -0.1) is 0 Å². The molecule has 0 aromatic heterocycles. The van der Waals surface area contributed by atoms with Crippen LogP contribution >= 0.6 is 0 Å². The number of nitrogens with one attached hydrogen (secondary N) is 1. The first kappa shape index (κ1) is 12.7. The van der Waals surface area contributed by atoms with E-state index in [-0.39, 0.29) is 5.41 Å². The van der Waals surface area contributed by atoms with E-state index < -0.39 is 0 Å². The van der Waals surface area contributed by atoms with E-state index in [4.69, 9.17) is 4.74 Å². The van der Waals surface area contributed by atoms with Crippen LogP contribution in [0.15, 0.2) is 30.4 Å². The second-order valence-corrected chi connectivity index (χ2v) is 6.02. The summed E-state index contributed by atoms with van der Waals surface area (Å²) in [4.78, 5) is 0. The number of hydrogen-bond acceptors (Lipinski definition) is 2. The standard InChI is InChI=1S/C17H23NO/c1-13-5-8-16(19-2)15(11-13)17(9-3-4-10-17)12-18-14-6-7-14/h3-5,8,11,14,18H,6-7,9-10,12H2,1-2H3. The first-order valence-electron chi connectivity index (χ1n) is 7.27. The predicted molar refractivity (Wildman–Crippen MR) is 78.8 cm³/mol. The van der Waals surface area contributed by atoms with Gasteiger partial charge < -0.3 is 10.1 Å². The average Bonchev–Trinajstić information content (AvgIpc) is 3.14. The minimum atomic E-state index is 0.194. The molecule has 0 heterocycles. The monoisotopic (exact) mass is 257 g/mol. The van der Waals surface area contributed by atoms with Gasteiger partial charge in [0.05, 0.1) is 7.11 Å². The molecular formula is C17H23NO. The maximum atomic E-state index is 5.60. The summed E-state index contributed by atoms with van der Waals surface area (Å²) in [5.74, 6) is 1.03. The molecule has 0 spiro atoms. The molecule has 0 atom stereocenters.